The SMILES string of the molecule is CCN(C(=O)[C@@H]1CC(=O)N(c2cc(OC)ccc2OC)C1)c1ccccc1C. The summed E-state index contributed by atoms with van der Waals surface area (Å²) in [7, 11) is 3.14. The van der Waals surface area contributed by atoms with E-state index in [1.165, 1.54) is 0 Å². The molecule has 0 radical (unpaired) electrons. The van der Waals surface area contributed by atoms with Crippen LogP contribution in [0.1, 0.15) is 18.9 Å². The summed E-state index contributed by atoms with van der Waals surface area (Å²) in [5.74, 6) is 0.685. The lowest BCUT2D eigenvalue weighted by molar-refractivity contribution is -0.124. The topological polar surface area (TPSA) is 59.1 Å². The predicted molar refractivity (Wildman–Crippen MR) is 109 cm³/mol. The quantitative estimate of drug-likeness (QED) is 0.768. The highest BCUT2D eigenvalue weighted by atomic mass is 16.5. The maximum atomic E-state index is 13.2. The van der Waals surface area contributed by atoms with Crippen LogP contribution in [-0.2, 0) is 9.59 Å². The van der Waals surface area contributed by atoms with E-state index in [0.29, 0.717) is 30.3 Å². The lowest BCUT2D eigenvalue weighted by Crippen LogP contribution is -2.38. The summed E-state index contributed by atoms with van der Waals surface area (Å²) in [6, 6.07) is 13.1. The lowest BCUT2D eigenvalue weighted by Gasteiger charge is -2.26. The molecule has 2 amide bonds. The summed E-state index contributed by atoms with van der Waals surface area (Å²) in [5.41, 5.74) is 2.55. The number of ether oxygens (including phenoxy) is 2. The van der Waals surface area contributed by atoms with Gasteiger partial charge in [-0.3, -0.25) is 9.59 Å². The monoisotopic (exact) mass is 382 g/mol. The Labute approximate surface area is 165 Å². The van der Waals surface area contributed by atoms with Gasteiger partial charge in [-0.1, -0.05) is 18.2 Å². The molecule has 1 atom stereocenters. The van der Waals surface area contributed by atoms with E-state index in [0.717, 1.165) is 11.3 Å². The number of para-hydroxylation sites is 1. The fourth-order valence-corrected chi connectivity index (χ4v) is 3.65. The van der Waals surface area contributed by atoms with Gasteiger partial charge in [-0.25, -0.2) is 0 Å². The minimum absolute atomic E-state index is 0.0329. The Morgan fingerprint density at radius 3 is 2.57 bits per heavy atom. The standard InChI is InChI=1S/C22H26N2O4/c1-5-23(18-9-7-6-8-15(18)2)22(26)16-12-21(25)24(14-16)19-13-17(27-3)10-11-20(19)28-4/h6-11,13,16H,5,12,14H2,1-4H3/t16-/m1/s1. The zero-order valence-corrected chi connectivity index (χ0v) is 16.8. The van der Waals surface area contributed by atoms with Gasteiger partial charge < -0.3 is 19.3 Å². The van der Waals surface area contributed by atoms with Gasteiger partial charge in [-0.2, -0.15) is 0 Å². The summed E-state index contributed by atoms with van der Waals surface area (Å²) in [6.45, 7) is 4.81. The van der Waals surface area contributed by atoms with Crippen molar-refractivity contribution in [2.45, 2.75) is 20.3 Å². The normalized spacial score (nSPS) is 16.2. The number of methoxy groups -OCH3 is 2. The highest BCUT2D eigenvalue weighted by molar-refractivity contribution is 6.05. The Bertz CT molecular complexity index is 881. The van der Waals surface area contributed by atoms with Gasteiger partial charge in [0, 0.05) is 31.3 Å². The highest BCUT2D eigenvalue weighted by Gasteiger charge is 2.38. The average Bonchev–Trinajstić information content (AvgIpc) is 3.10. The molecule has 0 aromatic heterocycles. The van der Waals surface area contributed by atoms with E-state index in [-0.39, 0.29) is 18.2 Å². The van der Waals surface area contributed by atoms with Gasteiger partial charge in [0.2, 0.25) is 11.8 Å². The minimum atomic E-state index is -0.400. The summed E-state index contributed by atoms with van der Waals surface area (Å²) < 4.78 is 10.7. The molecule has 0 bridgehead atoms. The molecule has 1 fully saturated rings. The van der Waals surface area contributed by atoms with Crippen molar-refractivity contribution in [1.29, 1.82) is 0 Å². The van der Waals surface area contributed by atoms with Gasteiger partial charge >= 0.3 is 0 Å². The molecule has 1 aliphatic heterocycles. The van der Waals surface area contributed by atoms with Gasteiger partial charge in [0.1, 0.15) is 11.5 Å². The van der Waals surface area contributed by atoms with Crippen LogP contribution >= 0.6 is 0 Å². The van der Waals surface area contributed by atoms with Gasteiger partial charge in [-0.05, 0) is 37.6 Å². The zero-order valence-electron chi connectivity index (χ0n) is 16.8. The average molecular weight is 382 g/mol. The summed E-state index contributed by atoms with van der Waals surface area (Å²) in [6.07, 6.45) is 0.182. The Hall–Kier alpha value is -3.02. The molecule has 2 aromatic carbocycles. The smallest absolute Gasteiger partial charge is 0.232 e. The van der Waals surface area contributed by atoms with Crippen molar-refractivity contribution < 1.29 is 19.1 Å². The molecule has 0 aliphatic carbocycles. The molecule has 1 saturated heterocycles. The van der Waals surface area contributed by atoms with Crippen molar-refractivity contribution in [2.24, 2.45) is 5.92 Å². The molecule has 0 N–H and O–H groups in total. The fourth-order valence-electron chi connectivity index (χ4n) is 3.65. The largest absolute Gasteiger partial charge is 0.497 e. The molecule has 1 aliphatic rings. The first kappa shape index (κ1) is 19.7. The number of anilines is 2. The van der Waals surface area contributed by atoms with Crippen LogP contribution in [0.4, 0.5) is 11.4 Å². The Morgan fingerprint density at radius 1 is 1.18 bits per heavy atom. The lowest BCUT2D eigenvalue weighted by atomic mass is 10.1. The number of amides is 2. The van der Waals surface area contributed by atoms with Gasteiger partial charge in [-0.15, -0.1) is 0 Å². The zero-order chi connectivity index (χ0) is 20.3. The second-order valence-corrected chi connectivity index (χ2v) is 6.81. The van der Waals surface area contributed by atoms with Crippen LogP contribution in [0.5, 0.6) is 11.5 Å². The summed E-state index contributed by atoms with van der Waals surface area (Å²) in [4.78, 5) is 29.3. The third-order valence-corrected chi connectivity index (χ3v) is 5.14. The molecule has 0 unspecified atom stereocenters. The van der Waals surface area contributed by atoms with Gasteiger partial charge in [0.15, 0.2) is 0 Å². The maximum Gasteiger partial charge on any atom is 0.232 e. The molecule has 3 rings (SSSR count). The number of benzene rings is 2. The first-order valence-electron chi connectivity index (χ1n) is 9.39. The van der Waals surface area contributed by atoms with E-state index in [9.17, 15) is 9.59 Å². The van der Waals surface area contributed by atoms with Crippen molar-refractivity contribution in [3.8, 4) is 11.5 Å². The van der Waals surface area contributed by atoms with Crippen molar-refractivity contribution in [3.05, 3.63) is 48.0 Å². The van der Waals surface area contributed by atoms with Crippen molar-refractivity contribution in [1.82, 2.24) is 0 Å². The van der Waals surface area contributed by atoms with Crippen LogP contribution < -0.4 is 19.3 Å². The molecule has 28 heavy (non-hydrogen) atoms. The summed E-state index contributed by atoms with van der Waals surface area (Å²) >= 11 is 0. The molecule has 6 nitrogen and oxygen atoms in total. The first-order chi connectivity index (χ1) is 13.5. The van der Waals surface area contributed by atoms with Crippen LogP contribution in [0.15, 0.2) is 42.5 Å². The van der Waals surface area contributed by atoms with E-state index in [4.69, 9.17) is 9.47 Å². The van der Waals surface area contributed by atoms with Crippen LogP contribution in [0.2, 0.25) is 0 Å². The number of hydrogen-bond acceptors (Lipinski definition) is 4. The predicted octanol–water partition coefficient (Wildman–Crippen LogP) is 3.42. The molecule has 148 valence electrons. The number of nitrogens with zero attached hydrogens (tertiary/aromatic N) is 2. The second kappa shape index (κ2) is 8.33. The third-order valence-electron chi connectivity index (χ3n) is 5.14. The van der Waals surface area contributed by atoms with Crippen LogP contribution in [0.3, 0.4) is 0 Å². The van der Waals surface area contributed by atoms with Crippen molar-refractivity contribution >= 4 is 23.2 Å². The number of hydrogen-bond donors (Lipinski definition) is 0. The third kappa shape index (κ3) is 3.67. The minimum Gasteiger partial charge on any atom is -0.497 e. The number of carbonyl (C=O) groups excluding carboxylic acids is 2. The van der Waals surface area contributed by atoms with Crippen LogP contribution in [-0.4, -0.2) is 39.1 Å². The highest BCUT2D eigenvalue weighted by Crippen LogP contribution is 2.36. The first-order valence-corrected chi connectivity index (χ1v) is 9.39. The molecule has 0 spiro atoms. The molecular formula is C22H26N2O4. The van der Waals surface area contributed by atoms with Crippen molar-refractivity contribution in [3.63, 3.8) is 0 Å². The van der Waals surface area contributed by atoms with E-state index in [2.05, 4.69) is 0 Å². The fraction of sp³-hybridized carbons (Fsp3) is 0.364. The number of aryl methyl sites for hydroxylation is 1. The number of rotatable bonds is 6. The van der Waals surface area contributed by atoms with Gasteiger partial charge in [0.05, 0.1) is 25.8 Å². The molecule has 6 heteroatoms. The van der Waals surface area contributed by atoms with E-state index >= 15 is 0 Å². The number of carbonyl (C=O) groups is 2. The Balaban J connectivity index is 1.86. The maximum absolute atomic E-state index is 13.2. The second-order valence-electron chi connectivity index (χ2n) is 6.81. The molecular weight excluding hydrogens is 356 g/mol. The van der Waals surface area contributed by atoms with E-state index in [1.807, 2.05) is 38.1 Å². The van der Waals surface area contributed by atoms with E-state index in [1.54, 1.807) is 42.2 Å². The Morgan fingerprint density at radius 2 is 1.93 bits per heavy atom. The van der Waals surface area contributed by atoms with Crippen LogP contribution in [0, 0.1) is 12.8 Å². The van der Waals surface area contributed by atoms with Crippen molar-refractivity contribution in [2.75, 3.05) is 37.1 Å². The molecule has 1 heterocycles. The summed E-state index contributed by atoms with van der Waals surface area (Å²) in [5, 5.41) is 0. The molecule has 0 saturated carbocycles. The van der Waals surface area contributed by atoms with E-state index < -0.39 is 5.92 Å². The Kier molecular flexibility index (Phi) is 5.87. The molecule has 2 aromatic rings. The van der Waals surface area contributed by atoms with Crippen LogP contribution in [0.25, 0.3) is 0 Å². The van der Waals surface area contributed by atoms with Gasteiger partial charge in [0.25, 0.3) is 0 Å².